The van der Waals surface area contributed by atoms with Crippen molar-refractivity contribution >= 4 is 29.3 Å². The van der Waals surface area contributed by atoms with Crippen molar-refractivity contribution in [2.45, 2.75) is 19.9 Å². The van der Waals surface area contributed by atoms with E-state index in [-0.39, 0.29) is 24.2 Å². The molecule has 1 heterocycles. The summed E-state index contributed by atoms with van der Waals surface area (Å²) in [7, 11) is 1.86. The van der Waals surface area contributed by atoms with E-state index < -0.39 is 0 Å². The quantitative estimate of drug-likeness (QED) is 0.284. The molecule has 0 saturated heterocycles. The van der Waals surface area contributed by atoms with E-state index in [9.17, 15) is 4.79 Å². The van der Waals surface area contributed by atoms with E-state index in [1.54, 1.807) is 12.3 Å². The molecule has 5 nitrogen and oxygen atoms in total. The monoisotopic (exact) mass is 276 g/mol. The van der Waals surface area contributed by atoms with E-state index in [0.717, 1.165) is 12.2 Å². The number of hydrazine groups is 1. The predicted octanol–water partition coefficient (Wildman–Crippen LogP) is -3.45. The molecule has 0 aliphatic carbocycles. The van der Waals surface area contributed by atoms with Crippen LogP contribution in [0.2, 0.25) is 0 Å². The normalized spacial score (nSPS) is 18.5. The lowest BCUT2D eigenvalue weighted by atomic mass is 10.1. The van der Waals surface area contributed by atoms with Crippen LogP contribution in [0.3, 0.4) is 0 Å². The number of halogens is 1. The van der Waals surface area contributed by atoms with Gasteiger partial charge < -0.3 is 17.7 Å². The molecule has 0 aromatic rings. The highest BCUT2D eigenvalue weighted by Gasteiger charge is 2.23. The van der Waals surface area contributed by atoms with E-state index in [1.165, 1.54) is 0 Å². The molecule has 1 rings (SSSR count). The summed E-state index contributed by atoms with van der Waals surface area (Å²) in [5.41, 5.74) is 6.58. The summed E-state index contributed by atoms with van der Waals surface area (Å²) in [6, 6.07) is 0.120. The van der Waals surface area contributed by atoms with E-state index in [1.807, 2.05) is 25.5 Å². The highest BCUT2D eigenvalue weighted by Crippen LogP contribution is 2.04. The molecule has 1 atom stereocenters. The summed E-state index contributed by atoms with van der Waals surface area (Å²) in [6.07, 6.45) is 3.13. The van der Waals surface area contributed by atoms with Gasteiger partial charge in [0.05, 0.1) is 0 Å². The Morgan fingerprint density at radius 2 is 2.24 bits per heavy atom. The lowest BCUT2D eigenvalue weighted by Crippen LogP contribution is -3.00. The number of nitrogens with zero attached hydrogens (tertiary/aromatic N) is 1. The number of likely N-dealkylation sites (N-methyl/N-ethyl adjacent to an activating group) is 1. The van der Waals surface area contributed by atoms with Crippen LogP contribution in [0.25, 0.3) is 0 Å². The predicted molar refractivity (Wildman–Crippen MR) is 67.3 cm³/mol. The van der Waals surface area contributed by atoms with Gasteiger partial charge in [-0.25, -0.2) is 4.58 Å². The van der Waals surface area contributed by atoms with Crippen LogP contribution in [0.15, 0.2) is 11.8 Å². The van der Waals surface area contributed by atoms with Crippen LogP contribution < -0.4 is 28.6 Å². The summed E-state index contributed by atoms with van der Waals surface area (Å²) < 4.78 is 1.85. The smallest absolute Gasteiger partial charge is 0.243 e. The zero-order valence-electron chi connectivity index (χ0n) is 10.1. The van der Waals surface area contributed by atoms with Crippen molar-refractivity contribution in [1.29, 1.82) is 0 Å². The fraction of sp³-hybridized carbons (Fsp3) is 0.500. The summed E-state index contributed by atoms with van der Waals surface area (Å²) in [5, 5.41) is 3.46. The average Bonchev–Trinajstić information content (AvgIpc) is 2.21. The van der Waals surface area contributed by atoms with Crippen molar-refractivity contribution in [2.75, 3.05) is 13.6 Å². The molecule has 7 heteroatoms. The molecule has 96 valence electrons. The Labute approximate surface area is 113 Å². The molecule has 0 aromatic carbocycles. The second kappa shape index (κ2) is 7.24. The second-order valence-electron chi connectivity index (χ2n) is 3.58. The van der Waals surface area contributed by atoms with Gasteiger partial charge in [0.1, 0.15) is 12.7 Å². The van der Waals surface area contributed by atoms with Crippen LogP contribution in [0.4, 0.5) is 0 Å². The third-order valence-corrected chi connectivity index (χ3v) is 2.59. The lowest BCUT2D eigenvalue weighted by Gasteiger charge is -2.18. The highest BCUT2D eigenvalue weighted by molar-refractivity contribution is 7.80. The van der Waals surface area contributed by atoms with E-state index >= 15 is 0 Å². The van der Waals surface area contributed by atoms with Crippen LogP contribution >= 0.6 is 12.2 Å². The molecule has 0 spiro atoms. The van der Waals surface area contributed by atoms with Gasteiger partial charge in [0.25, 0.3) is 0 Å². The van der Waals surface area contributed by atoms with Gasteiger partial charge in [-0.15, -0.1) is 0 Å². The number of ketones is 1. The number of carbonyl (C=O) groups excluding carboxylic acids is 1. The summed E-state index contributed by atoms with van der Waals surface area (Å²) in [6.45, 7) is 4.72. The van der Waals surface area contributed by atoms with E-state index in [0.29, 0.717) is 5.11 Å². The Balaban J connectivity index is 0.00000256. The van der Waals surface area contributed by atoms with Crippen molar-refractivity contribution in [1.82, 2.24) is 16.2 Å². The molecule has 17 heavy (non-hydrogen) atoms. The minimum atomic E-state index is -0.0285. The van der Waals surface area contributed by atoms with Crippen LogP contribution in [0, 0.1) is 0 Å². The largest absolute Gasteiger partial charge is 1.00 e. The number of thiocarbonyl (C=S) groups is 1. The molecule has 0 radical (unpaired) electrons. The number of rotatable bonds is 3. The van der Waals surface area contributed by atoms with Crippen molar-refractivity contribution in [2.24, 2.45) is 0 Å². The molecular weight excluding hydrogens is 260 g/mol. The summed E-state index contributed by atoms with van der Waals surface area (Å²) in [5.74, 6) is -0.0285. The molecule has 3 N–H and O–H groups in total. The molecule has 0 amide bonds. The number of allylic oxidation sites excluding steroid dienone is 1. The number of hydrogen-bond donors (Lipinski definition) is 3. The Bertz CT molecular complexity index is 367. The molecule has 0 bridgehead atoms. The van der Waals surface area contributed by atoms with Crippen LogP contribution in [-0.4, -0.2) is 41.3 Å². The van der Waals surface area contributed by atoms with E-state index in [4.69, 9.17) is 12.2 Å². The minimum Gasteiger partial charge on any atom is -1.00 e. The fourth-order valence-electron chi connectivity index (χ4n) is 1.32. The number of hydrogen-bond acceptors (Lipinski definition) is 3. The van der Waals surface area contributed by atoms with Crippen molar-refractivity contribution in [3.05, 3.63) is 11.8 Å². The van der Waals surface area contributed by atoms with Crippen molar-refractivity contribution < 1.29 is 21.8 Å². The maximum absolute atomic E-state index is 11.3. The fourth-order valence-corrected chi connectivity index (χ4v) is 1.51. The molecule has 1 aliphatic rings. The van der Waals surface area contributed by atoms with Gasteiger partial charge in [-0.2, -0.15) is 0 Å². The molecule has 0 aromatic heterocycles. The van der Waals surface area contributed by atoms with Crippen LogP contribution in [0.1, 0.15) is 13.8 Å². The average molecular weight is 277 g/mol. The third kappa shape index (κ3) is 4.70. The zero-order valence-corrected chi connectivity index (χ0v) is 11.7. The van der Waals surface area contributed by atoms with Crippen molar-refractivity contribution in [3.8, 4) is 0 Å². The van der Waals surface area contributed by atoms with Gasteiger partial charge in [-0.3, -0.25) is 15.6 Å². The number of carbonyl (C=O) groups is 1. The first-order chi connectivity index (χ1) is 7.54. The van der Waals surface area contributed by atoms with Crippen LogP contribution in [0.5, 0.6) is 0 Å². The standard InChI is InChI=1S/C10H16N4OS.ClH/c1-4-11-10(16)13-12-9-5-8(15)6-14(3)7(9)2;/h5-7H,4H2,1-3H3,(H2,11,15,16);1H. The summed E-state index contributed by atoms with van der Waals surface area (Å²) >= 11 is 5.00. The maximum atomic E-state index is 11.3. The maximum Gasteiger partial charge on any atom is 0.243 e. The van der Waals surface area contributed by atoms with Gasteiger partial charge in [-0.05, 0) is 19.1 Å². The second-order valence-corrected chi connectivity index (χ2v) is 3.99. The lowest BCUT2D eigenvalue weighted by molar-refractivity contribution is -0.520. The highest BCUT2D eigenvalue weighted by atomic mass is 35.5. The third-order valence-electron chi connectivity index (χ3n) is 2.35. The minimum absolute atomic E-state index is 0. The van der Waals surface area contributed by atoms with Gasteiger partial charge in [0.2, 0.25) is 12.0 Å². The van der Waals surface area contributed by atoms with Gasteiger partial charge in [0.15, 0.2) is 11.2 Å². The van der Waals surface area contributed by atoms with Gasteiger partial charge in [0, 0.05) is 19.5 Å². The van der Waals surface area contributed by atoms with Crippen LogP contribution in [-0.2, 0) is 4.79 Å². The first kappa shape index (κ1) is 15.9. The summed E-state index contributed by atoms with van der Waals surface area (Å²) in [4.78, 5) is 11.3. The molecule has 0 fully saturated rings. The molecule has 1 aliphatic heterocycles. The first-order valence-electron chi connectivity index (χ1n) is 5.16. The van der Waals surface area contributed by atoms with Gasteiger partial charge in [-0.1, -0.05) is 0 Å². The molecule has 0 saturated carbocycles. The Kier molecular flexibility index (Phi) is 6.75. The SMILES string of the molecule is CCNC(=S)NNC1=CC(=O)C=[N+](C)C1C.[Cl-]. The Morgan fingerprint density at radius 3 is 2.82 bits per heavy atom. The Hall–Kier alpha value is -1.14. The zero-order chi connectivity index (χ0) is 12.1. The topological polar surface area (TPSA) is 56.2 Å². The van der Waals surface area contributed by atoms with Gasteiger partial charge >= 0.3 is 0 Å². The van der Waals surface area contributed by atoms with E-state index in [2.05, 4.69) is 16.2 Å². The number of nitrogens with one attached hydrogen (secondary N) is 3. The first-order valence-corrected chi connectivity index (χ1v) is 5.57. The van der Waals surface area contributed by atoms with Crippen molar-refractivity contribution in [3.63, 3.8) is 0 Å². The molecule has 1 unspecified atom stereocenters. The molecular formula is C10H17ClN4OS. The Morgan fingerprint density at radius 1 is 1.59 bits per heavy atom.